The van der Waals surface area contributed by atoms with Gasteiger partial charge in [-0.15, -0.1) is 0 Å². The van der Waals surface area contributed by atoms with Crippen LogP contribution < -0.4 is 0 Å². The maximum absolute atomic E-state index is 12.7. The van der Waals surface area contributed by atoms with E-state index in [0.29, 0.717) is 10.6 Å². The molecule has 0 unspecified atom stereocenters. The van der Waals surface area contributed by atoms with Crippen LogP contribution in [0.1, 0.15) is 40.2 Å². The molecule has 1 aromatic rings. The molecule has 192 valence electrons. The van der Waals surface area contributed by atoms with Gasteiger partial charge in [0.2, 0.25) is 12.0 Å². The van der Waals surface area contributed by atoms with Crippen molar-refractivity contribution in [2.75, 3.05) is 13.2 Å². The van der Waals surface area contributed by atoms with Gasteiger partial charge in [-0.05, 0) is 24.6 Å². The van der Waals surface area contributed by atoms with Gasteiger partial charge < -0.3 is 28.4 Å². The fraction of sp³-hybridized carbons (Fsp3) is 0.500. The summed E-state index contributed by atoms with van der Waals surface area (Å²) in [5.74, 6) is -3.59. The number of rotatable bonds is 9. The van der Waals surface area contributed by atoms with E-state index in [2.05, 4.69) is 0 Å². The molecule has 0 aliphatic carbocycles. The lowest BCUT2D eigenvalue weighted by molar-refractivity contribution is -0.279. The summed E-state index contributed by atoms with van der Waals surface area (Å²) in [4.78, 5) is 47.7. The molecule has 5 atom stereocenters. The first kappa shape index (κ1) is 28.1. The quantitative estimate of drug-likeness (QED) is 0.211. The first-order valence-electron chi connectivity index (χ1n) is 11.0. The first-order valence-corrected chi connectivity index (χ1v) is 11.3. The van der Waals surface area contributed by atoms with Gasteiger partial charge in [0.25, 0.3) is 0 Å². The lowest BCUT2D eigenvalue weighted by atomic mass is 9.91. The average molecular weight is 513 g/mol. The van der Waals surface area contributed by atoms with Crippen LogP contribution in [-0.2, 0) is 47.6 Å². The second-order valence-corrected chi connectivity index (χ2v) is 8.13. The zero-order valence-electron chi connectivity index (χ0n) is 20.1. The predicted octanol–water partition coefficient (Wildman–Crippen LogP) is 3.05. The van der Waals surface area contributed by atoms with E-state index in [0.717, 1.165) is 0 Å². The third-order valence-corrected chi connectivity index (χ3v) is 5.26. The zero-order chi connectivity index (χ0) is 26.1. The Morgan fingerprint density at radius 2 is 1.57 bits per heavy atom. The van der Waals surface area contributed by atoms with Crippen LogP contribution in [0.5, 0.6) is 0 Å². The summed E-state index contributed by atoms with van der Waals surface area (Å²) in [6.07, 6.45) is -2.96. The monoisotopic (exact) mass is 512 g/mol. The maximum atomic E-state index is 12.7. The largest absolute Gasteiger partial charge is 0.463 e. The van der Waals surface area contributed by atoms with Gasteiger partial charge in [-0.25, -0.2) is 4.79 Å². The Hall–Kier alpha value is -3.11. The van der Waals surface area contributed by atoms with E-state index in [1.807, 2.05) is 0 Å². The lowest BCUT2D eigenvalue weighted by Crippen LogP contribution is -2.58. The zero-order valence-corrected chi connectivity index (χ0v) is 20.9. The molecule has 35 heavy (non-hydrogen) atoms. The van der Waals surface area contributed by atoms with Crippen molar-refractivity contribution in [1.82, 2.24) is 0 Å². The van der Waals surface area contributed by atoms with Crippen molar-refractivity contribution in [2.24, 2.45) is 5.92 Å². The summed E-state index contributed by atoms with van der Waals surface area (Å²) in [7, 11) is 0. The van der Waals surface area contributed by atoms with E-state index in [-0.39, 0.29) is 19.0 Å². The van der Waals surface area contributed by atoms with E-state index in [4.69, 9.17) is 40.0 Å². The van der Waals surface area contributed by atoms with Crippen LogP contribution in [0.3, 0.4) is 0 Å². The molecule has 1 aliphatic heterocycles. The highest BCUT2D eigenvalue weighted by Gasteiger charge is 2.49. The van der Waals surface area contributed by atoms with Gasteiger partial charge in [0.05, 0.1) is 12.5 Å². The molecule has 0 spiro atoms. The number of hydrogen-bond acceptors (Lipinski definition) is 10. The number of hydrogen-bond donors (Lipinski definition) is 0. The molecular formula is C24H29ClO10. The molecule has 1 fully saturated rings. The minimum absolute atomic E-state index is 0.0861. The summed E-state index contributed by atoms with van der Waals surface area (Å²) in [6, 6.07) is 6.79. The van der Waals surface area contributed by atoms with Crippen LogP contribution in [0.2, 0.25) is 5.02 Å². The molecule has 0 aromatic heterocycles. The Bertz CT molecular complexity index is 959. The smallest absolute Gasteiger partial charge is 0.373 e. The fourth-order valence-corrected chi connectivity index (χ4v) is 3.60. The molecule has 1 aliphatic rings. The van der Waals surface area contributed by atoms with Crippen LogP contribution in [0.4, 0.5) is 0 Å². The summed E-state index contributed by atoms with van der Waals surface area (Å²) in [5.41, 5.74) is 0.492. The number of benzene rings is 1. The highest BCUT2D eigenvalue weighted by atomic mass is 35.5. The molecule has 1 heterocycles. The van der Waals surface area contributed by atoms with Gasteiger partial charge in [0.1, 0.15) is 18.8 Å². The molecule has 1 saturated heterocycles. The van der Waals surface area contributed by atoms with E-state index >= 15 is 0 Å². The third kappa shape index (κ3) is 8.25. The van der Waals surface area contributed by atoms with E-state index < -0.39 is 54.4 Å². The summed E-state index contributed by atoms with van der Waals surface area (Å²) in [6.45, 7) is 6.63. The minimum atomic E-state index is -1.18. The van der Waals surface area contributed by atoms with Crippen molar-refractivity contribution in [3.63, 3.8) is 0 Å². The van der Waals surface area contributed by atoms with Gasteiger partial charge in [-0.3, -0.25) is 14.4 Å². The van der Waals surface area contributed by atoms with Crippen molar-refractivity contribution >= 4 is 41.6 Å². The molecule has 0 N–H and O–H groups in total. The Morgan fingerprint density at radius 3 is 2.14 bits per heavy atom. The number of ether oxygens (including phenoxy) is 6. The molecule has 2 rings (SSSR count). The predicted molar refractivity (Wildman–Crippen MR) is 123 cm³/mol. The van der Waals surface area contributed by atoms with Crippen LogP contribution >= 0.6 is 11.6 Å². The normalized spacial score (nSPS) is 24.2. The van der Waals surface area contributed by atoms with Crippen molar-refractivity contribution < 1.29 is 47.6 Å². The van der Waals surface area contributed by atoms with Crippen molar-refractivity contribution in [3.05, 3.63) is 40.6 Å². The van der Waals surface area contributed by atoms with E-state index in [1.54, 1.807) is 38.1 Å². The molecular weight excluding hydrogens is 484 g/mol. The van der Waals surface area contributed by atoms with E-state index in [1.165, 1.54) is 26.8 Å². The first-order chi connectivity index (χ1) is 16.5. The van der Waals surface area contributed by atoms with Crippen LogP contribution in [0.15, 0.2) is 30.0 Å². The molecule has 10 nitrogen and oxygen atoms in total. The standard InChI is InChI=1S/C24H29ClO10/c1-6-30-23(29)19(11-17-9-7-8-10-18(17)25)34-24-13(2)21(32-15(4)27)22(33-16(5)28)20(35-24)12-31-14(3)26/h7-11,13,20-22,24H,6,12H2,1-5H3/b19-11-/t13-,20-,21-,22-,24-/m0/s1. The van der Waals surface area contributed by atoms with Crippen molar-refractivity contribution in [2.45, 2.75) is 59.2 Å². The van der Waals surface area contributed by atoms with Gasteiger partial charge in [0.15, 0.2) is 6.10 Å². The number of esters is 4. The second kappa shape index (κ2) is 13.1. The Labute approximate surface area is 208 Å². The third-order valence-electron chi connectivity index (χ3n) is 4.91. The highest BCUT2D eigenvalue weighted by molar-refractivity contribution is 6.32. The van der Waals surface area contributed by atoms with Crippen LogP contribution in [0.25, 0.3) is 6.08 Å². The van der Waals surface area contributed by atoms with Gasteiger partial charge >= 0.3 is 23.9 Å². The number of halogens is 1. The lowest BCUT2D eigenvalue weighted by Gasteiger charge is -2.43. The van der Waals surface area contributed by atoms with Crippen molar-refractivity contribution in [3.8, 4) is 0 Å². The summed E-state index contributed by atoms with van der Waals surface area (Å²) >= 11 is 6.23. The Morgan fingerprint density at radius 1 is 0.943 bits per heavy atom. The molecule has 0 radical (unpaired) electrons. The van der Waals surface area contributed by atoms with Crippen LogP contribution in [-0.4, -0.2) is 61.7 Å². The van der Waals surface area contributed by atoms with Gasteiger partial charge in [-0.1, -0.05) is 36.7 Å². The highest BCUT2D eigenvalue weighted by Crippen LogP contribution is 2.33. The molecule has 0 saturated carbocycles. The van der Waals surface area contributed by atoms with Gasteiger partial charge in [0, 0.05) is 25.8 Å². The Kier molecular flexibility index (Phi) is 10.5. The number of carbonyl (C=O) groups excluding carboxylic acids is 4. The fourth-order valence-electron chi connectivity index (χ4n) is 3.41. The summed E-state index contributed by atoms with van der Waals surface area (Å²) < 4.78 is 32.8. The van der Waals surface area contributed by atoms with Crippen molar-refractivity contribution in [1.29, 1.82) is 0 Å². The Balaban J connectivity index is 2.44. The van der Waals surface area contributed by atoms with E-state index in [9.17, 15) is 19.2 Å². The average Bonchev–Trinajstić information content (AvgIpc) is 2.77. The minimum Gasteiger partial charge on any atom is -0.463 e. The topological polar surface area (TPSA) is 124 Å². The SMILES string of the molecule is CCOC(=O)/C(=C/c1ccccc1Cl)O[C@H]1O[C@@H](COC(C)=O)[C@H](OC(C)=O)[C@@H](OC(C)=O)[C@@H]1C. The van der Waals surface area contributed by atoms with Gasteiger partial charge in [-0.2, -0.15) is 0 Å². The second-order valence-electron chi connectivity index (χ2n) is 7.72. The maximum Gasteiger partial charge on any atom is 0.373 e. The molecule has 0 bridgehead atoms. The molecule has 0 amide bonds. The number of carbonyl (C=O) groups is 4. The van der Waals surface area contributed by atoms with Crippen LogP contribution in [0, 0.1) is 5.92 Å². The molecule has 1 aromatic carbocycles. The molecule has 11 heteroatoms. The summed E-state index contributed by atoms with van der Waals surface area (Å²) in [5, 5.41) is 0.371.